The molecule has 0 bridgehead atoms. The van der Waals surface area contributed by atoms with Gasteiger partial charge in [-0.05, 0) is 6.07 Å². The molecule has 0 radical (unpaired) electrons. The second kappa shape index (κ2) is 5.05. The number of methoxy groups -OCH3 is 2. The molecular weight excluding hydrogens is 239 g/mol. The largest absolute Gasteiger partial charge is 0.493 e. The molecule has 0 aliphatic heterocycles. The first-order valence-electron chi connectivity index (χ1n) is 5.23. The van der Waals surface area contributed by atoms with Crippen molar-refractivity contribution in [3.05, 3.63) is 29.7 Å². The van der Waals surface area contributed by atoms with E-state index in [9.17, 15) is 4.39 Å². The molecule has 96 valence electrons. The summed E-state index contributed by atoms with van der Waals surface area (Å²) in [6.45, 7) is 0.168. The van der Waals surface area contributed by atoms with Gasteiger partial charge in [-0.2, -0.15) is 0 Å². The molecule has 0 spiro atoms. The maximum atomic E-state index is 14.1. The molecular formula is C12H13FN2O3. The number of nitrogen functional groups attached to an aromatic ring is 1. The molecule has 1 heterocycles. The standard InChI is InChI=1S/C12H13FN2O3/c1-16-6-7-3-4-8(11(17-2)10(7)13)9-5-15-18-12(9)14/h3-5H,6,14H2,1-2H3. The van der Waals surface area contributed by atoms with Crippen LogP contribution in [0.4, 0.5) is 10.3 Å². The molecule has 2 N–H and O–H groups in total. The van der Waals surface area contributed by atoms with Gasteiger partial charge in [0.1, 0.15) is 0 Å². The molecule has 5 nitrogen and oxygen atoms in total. The molecule has 0 amide bonds. The normalized spacial score (nSPS) is 10.6. The summed E-state index contributed by atoms with van der Waals surface area (Å²) in [4.78, 5) is 0. The summed E-state index contributed by atoms with van der Waals surface area (Å²) in [5.74, 6) is -0.260. The molecule has 0 aliphatic rings. The Morgan fingerprint density at radius 2 is 2.11 bits per heavy atom. The predicted octanol–water partition coefficient (Wildman–Crippen LogP) is 2.22. The quantitative estimate of drug-likeness (QED) is 0.903. The van der Waals surface area contributed by atoms with Crippen LogP contribution in [0.15, 0.2) is 22.9 Å². The number of aromatic nitrogens is 1. The van der Waals surface area contributed by atoms with E-state index in [-0.39, 0.29) is 18.2 Å². The fraction of sp³-hybridized carbons (Fsp3) is 0.250. The van der Waals surface area contributed by atoms with Crippen LogP contribution in [0.1, 0.15) is 5.56 Å². The Bertz CT molecular complexity index is 554. The average Bonchev–Trinajstić information content (AvgIpc) is 2.78. The average molecular weight is 252 g/mol. The summed E-state index contributed by atoms with van der Waals surface area (Å²) >= 11 is 0. The zero-order chi connectivity index (χ0) is 13.1. The third kappa shape index (κ3) is 2.02. The van der Waals surface area contributed by atoms with Crippen molar-refractivity contribution in [1.82, 2.24) is 5.16 Å². The van der Waals surface area contributed by atoms with Gasteiger partial charge in [0.2, 0.25) is 5.88 Å². The molecule has 0 fully saturated rings. The smallest absolute Gasteiger partial charge is 0.230 e. The highest BCUT2D eigenvalue weighted by atomic mass is 19.1. The zero-order valence-corrected chi connectivity index (χ0v) is 10.1. The number of ether oxygens (including phenoxy) is 2. The Hall–Kier alpha value is -2.08. The van der Waals surface area contributed by atoms with Crippen molar-refractivity contribution in [3.63, 3.8) is 0 Å². The van der Waals surface area contributed by atoms with Crippen LogP contribution in [-0.4, -0.2) is 19.4 Å². The van der Waals surface area contributed by atoms with Gasteiger partial charge in [-0.25, -0.2) is 4.39 Å². The van der Waals surface area contributed by atoms with Crippen LogP contribution < -0.4 is 10.5 Å². The summed E-state index contributed by atoms with van der Waals surface area (Å²) < 4.78 is 28.9. The first-order valence-corrected chi connectivity index (χ1v) is 5.23. The van der Waals surface area contributed by atoms with E-state index < -0.39 is 5.82 Å². The summed E-state index contributed by atoms with van der Waals surface area (Å²) in [6.07, 6.45) is 1.42. The third-order valence-corrected chi connectivity index (χ3v) is 2.57. The van der Waals surface area contributed by atoms with Crippen LogP contribution >= 0.6 is 0 Å². The number of nitrogens with zero attached hydrogens (tertiary/aromatic N) is 1. The second-order valence-corrected chi connectivity index (χ2v) is 3.66. The van der Waals surface area contributed by atoms with Crippen LogP contribution in [0.2, 0.25) is 0 Å². The monoisotopic (exact) mass is 252 g/mol. The number of benzene rings is 1. The van der Waals surface area contributed by atoms with Crippen molar-refractivity contribution in [2.45, 2.75) is 6.61 Å². The van der Waals surface area contributed by atoms with Crippen molar-refractivity contribution in [1.29, 1.82) is 0 Å². The van der Waals surface area contributed by atoms with E-state index in [0.29, 0.717) is 16.7 Å². The Balaban J connectivity index is 2.56. The molecule has 0 atom stereocenters. The topological polar surface area (TPSA) is 70.5 Å². The molecule has 0 unspecified atom stereocenters. The third-order valence-electron chi connectivity index (χ3n) is 2.57. The number of hydrogen-bond acceptors (Lipinski definition) is 5. The molecule has 0 saturated heterocycles. The Morgan fingerprint density at radius 3 is 2.67 bits per heavy atom. The SMILES string of the molecule is COCc1ccc(-c2cnoc2N)c(OC)c1F. The van der Waals surface area contributed by atoms with Gasteiger partial charge in [-0.15, -0.1) is 0 Å². The first-order chi connectivity index (χ1) is 8.69. The molecule has 18 heavy (non-hydrogen) atoms. The van der Waals surface area contributed by atoms with E-state index in [2.05, 4.69) is 5.16 Å². The lowest BCUT2D eigenvalue weighted by Gasteiger charge is -2.11. The van der Waals surface area contributed by atoms with Crippen molar-refractivity contribution in [3.8, 4) is 16.9 Å². The van der Waals surface area contributed by atoms with Crippen LogP contribution in [0.25, 0.3) is 11.1 Å². The fourth-order valence-corrected chi connectivity index (χ4v) is 1.73. The van der Waals surface area contributed by atoms with Crippen molar-refractivity contribution < 1.29 is 18.4 Å². The lowest BCUT2D eigenvalue weighted by atomic mass is 10.0. The molecule has 0 aliphatic carbocycles. The van der Waals surface area contributed by atoms with Crippen LogP contribution in [0.3, 0.4) is 0 Å². The molecule has 2 rings (SSSR count). The maximum Gasteiger partial charge on any atom is 0.230 e. The molecule has 0 saturated carbocycles. The van der Waals surface area contributed by atoms with Crippen molar-refractivity contribution >= 4 is 5.88 Å². The van der Waals surface area contributed by atoms with Gasteiger partial charge in [-0.3, -0.25) is 0 Å². The first kappa shape index (κ1) is 12.4. The molecule has 1 aromatic heterocycles. The van der Waals surface area contributed by atoms with E-state index in [1.54, 1.807) is 12.1 Å². The number of nitrogens with two attached hydrogens (primary N) is 1. The van der Waals surface area contributed by atoms with Crippen LogP contribution in [0.5, 0.6) is 5.75 Å². The summed E-state index contributed by atoms with van der Waals surface area (Å²) in [5.41, 5.74) is 7.01. The minimum atomic E-state index is -0.475. The minimum Gasteiger partial charge on any atom is -0.493 e. The molecule has 1 aromatic carbocycles. The Kier molecular flexibility index (Phi) is 3.47. The van der Waals surface area contributed by atoms with E-state index in [0.717, 1.165) is 0 Å². The van der Waals surface area contributed by atoms with Gasteiger partial charge in [0.25, 0.3) is 0 Å². The van der Waals surface area contributed by atoms with Gasteiger partial charge in [0, 0.05) is 18.2 Å². The fourth-order valence-electron chi connectivity index (χ4n) is 1.73. The van der Waals surface area contributed by atoms with Gasteiger partial charge in [0.05, 0.1) is 25.5 Å². The van der Waals surface area contributed by atoms with Crippen LogP contribution in [-0.2, 0) is 11.3 Å². The van der Waals surface area contributed by atoms with E-state index in [1.165, 1.54) is 20.4 Å². The highest BCUT2D eigenvalue weighted by Gasteiger charge is 2.18. The van der Waals surface area contributed by atoms with Crippen LogP contribution in [0, 0.1) is 5.82 Å². The molecule has 2 aromatic rings. The Morgan fingerprint density at radius 1 is 1.33 bits per heavy atom. The lowest BCUT2D eigenvalue weighted by molar-refractivity contribution is 0.180. The van der Waals surface area contributed by atoms with Crippen molar-refractivity contribution in [2.75, 3.05) is 20.0 Å². The molecule has 6 heteroatoms. The lowest BCUT2D eigenvalue weighted by Crippen LogP contribution is -1.99. The zero-order valence-electron chi connectivity index (χ0n) is 10.1. The minimum absolute atomic E-state index is 0.0967. The number of rotatable bonds is 4. The highest BCUT2D eigenvalue weighted by molar-refractivity contribution is 5.77. The van der Waals surface area contributed by atoms with Gasteiger partial charge in [-0.1, -0.05) is 11.2 Å². The summed E-state index contributed by atoms with van der Waals surface area (Å²) in [5, 5.41) is 3.56. The summed E-state index contributed by atoms with van der Waals surface area (Å²) in [7, 11) is 2.89. The van der Waals surface area contributed by atoms with Gasteiger partial charge >= 0.3 is 0 Å². The maximum absolute atomic E-state index is 14.1. The van der Waals surface area contributed by atoms with E-state index in [1.807, 2.05) is 0 Å². The second-order valence-electron chi connectivity index (χ2n) is 3.66. The van der Waals surface area contributed by atoms with Gasteiger partial charge < -0.3 is 19.7 Å². The number of hydrogen-bond donors (Lipinski definition) is 1. The Labute approximate surface area is 103 Å². The highest BCUT2D eigenvalue weighted by Crippen LogP contribution is 2.36. The van der Waals surface area contributed by atoms with E-state index >= 15 is 0 Å². The number of halogens is 1. The summed E-state index contributed by atoms with van der Waals surface area (Å²) in [6, 6.07) is 3.31. The van der Waals surface area contributed by atoms with Gasteiger partial charge in [0.15, 0.2) is 11.6 Å². The number of anilines is 1. The predicted molar refractivity (Wildman–Crippen MR) is 63.6 cm³/mol. The van der Waals surface area contributed by atoms with Crippen molar-refractivity contribution in [2.24, 2.45) is 0 Å². The van der Waals surface area contributed by atoms with E-state index in [4.69, 9.17) is 19.7 Å².